The molecule has 3 N–H and O–H groups in total. The molecule has 0 spiro atoms. The topological polar surface area (TPSA) is 95.1 Å². The van der Waals surface area contributed by atoms with Gasteiger partial charge in [-0.05, 0) is 24.1 Å². The second-order valence-electron chi connectivity index (χ2n) is 5.09. The minimum atomic E-state index is -0.874. The van der Waals surface area contributed by atoms with Crippen molar-refractivity contribution in [2.24, 2.45) is 5.92 Å². The minimum Gasteiger partial charge on any atom is -0.481 e. The number of nitrogens with zero attached hydrogens (tertiary/aromatic N) is 1. The molecule has 0 saturated heterocycles. The molecule has 0 aliphatic heterocycles. The zero-order valence-corrected chi connectivity index (χ0v) is 13.6. The molecular weight excluding hydrogens is 350 g/mol. The zero-order valence-electron chi connectivity index (χ0n) is 12.0. The van der Waals surface area contributed by atoms with Crippen molar-refractivity contribution in [2.45, 2.75) is 13.3 Å². The van der Waals surface area contributed by atoms with E-state index in [1.807, 2.05) is 24.3 Å². The van der Waals surface area contributed by atoms with Gasteiger partial charge in [-0.1, -0.05) is 35.0 Å². The van der Waals surface area contributed by atoms with E-state index in [4.69, 9.17) is 5.11 Å². The normalized spacial score (nSPS) is 11.9. The summed E-state index contributed by atoms with van der Waals surface area (Å²) in [7, 11) is 0. The van der Waals surface area contributed by atoms with Crippen molar-refractivity contribution in [1.82, 2.24) is 15.5 Å². The second-order valence-corrected chi connectivity index (χ2v) is 6.00. The SMILES string of the molecule is CC(CNC(=O)c1cc(-c2ccc(Br)cc2)n[nH]1)CC(=O)O. The number of aromatic nitrogens is 2. The highest BCUT2D eigenvalue weighted by Crippen LogP contribution is 2.20. The van der Waals surface area contributed by atoms with E-state index in [1.54, 1.807) is 13.0 Å². The van der Waals surface area contributed by atoms with E-state index in [0.717, 1.165) is 10.0 Å². The molecule has 1 amide bonds. The standard InChI is InChI=1S/C15H16BrN3O3/c1-9(6-14(20)21)8-17-15(22)13-7-12(18-19-13)10-2-4-11(16)5-3-10/h2-5,7,9H,6,8H2,1H3,(H,17,22)(H,18,19)(H,20,21). The van der Waals surface area contributed by atoms with Crippen LogP contribution >= 0.6 is 15.9 Å². The second kappa shape index (κ2) is 7.22. The molecule has 22 heavy (non-hydrogen) atoms. The fourth-order valence-electron chi connectivity index (χ4n) is 1.94. The number of halogens is 1. The Morgan fingerprint density at radius 3 is 2.68 bits per heavy atom. The Labute approximate surface area is 136 Å². The van der Waals surface area contributed by atoms with Crippen LogP contribution in [-0.4, -0.2) is 33.7 Å². The van der Waals surface area contributed by atoms with Crippen LogP contribution in [0.15, 0.2) is 34.8 Å². The molecule has 0 bridgehead atoms. The van der Waals surface area contributed by atoms with Gasteiger partial charge in [0.15, 0.2) is 0 Å². The molecule has 6 nitrogen and oxygen atoms in total. The number of nitrogens with one attached hydrogen (secondary N) is 2. The summed E-state index contributed by atoms with van der Waals surface area (Å²) in [5.41, 5.74) is 1.93. The number of rotatable bonds is 6. The number of carboxylic acids is 1. The largest absolute Gasteiger partial charge is 0.481 e. The molecule has 0 radical (unpaired) electrons. The first-order chi connectivity index (χ1) is 10.5. The van der Waals surface area contributed by atoms with Gasteiger partial charge in [0.1, 0.15) is 5.69 Å². The first-order valence-electron chi connectivity index (χ1n) is 6.77. The van der Waals surface area contributed by atoms with Gasteiger partial charge in [-0.3, -0.25) is 14.7 Å². The number of aromatic amines is 1. The summed E-state index contributed by atoms with van der Waals surface area (Å²) in [5.74, 6) is -1.30. The maximum atomic E-state index is 12.0. The van der Waals surface area contributed by atoms with Gasteiger partial charge in [0.05, 0.1) is 5.69 Å². The van der Waals surface area contributed by atoms with Gasteiger partial charge in [-0.15, -0.1) is 0 Å². The quantitative estimate of drug-likeness (QED) is 0.733. The van der Waals surface area contributed by atoms with Crippen LogP contribution in [0, 0.1) is 5.92 Å². The van der Waals surface area contributed by atoms with Crippen LogP contribution in [0.4, 0.5) is 0 Å². The molecule has 1 aromatic carbocycles. The first-order valence-corrected chi connectivity index (χ1v) is 7.56. The molecule has 0 aliphatic rings. The molecular formula is C15H16BrN3O3. The van der Waals surface area contributed by atoms with Crippen LogP contribution in [-0.2, 0) is 4.79 Å². The summed E-state index contributed by atoms with van der Waals surface area (Å²) in [4.78, 5) is 22.6. The molecule has 0 saturated carbocycles. The monoisotopic (exact) mass is 365 g/mol. The van der Waals surface area contributed by atoms with Crippen LogP contribution in [0.25, 0.3) is 11.3 Å². The van der Waals surface area contributed by atoms with Gasteiger partial charge in [-0.25, -0.2) is 0 Å². The minimum absolute atomic E-state index is 0.0212. The van der Waals surface area contributed by atoms with Crippen molar-refractivity contribution in [3.8, 4) is 11.3 Å². The number of carbonyl (C=O) groups is 2. The van der Waals surface area contributed by atoms with Gasteiger partial charge in [0, 0.05) is 23.0 Å². The Hall–Kier alpha value is -2.15. The van der Waals surface area contributed by atoms with Gasteiger partial charge < -0.3 is 10.4 Å². The Morgan fingerprint density at radius 1 is 1.36 bits per heavy atom. The van der Waals surface area contributed by atoms with E-state index in [9.17, 15) is 9.59 Å². The van der Waals surface area contributed by atoms with Crippen molar-refractivity contribution in [3.05, 3.63) is 40.5 Å². The van der Waals surface area contributed by atoms with Crippen LogP contribution in [0.5, 0.6) is 0 Å². The van der Waals surface area contributed by atoms with Crippen LogP contribution in [0.2, 0.25) is 0 Å². The molecule has 2 aromatic rings. The Kier molecular flexibility index (Phi) is 5.32. The van der Waals surface area contributed by atoms with Crippen molar-refractivity contribution < 1.29 is 14.7 Å². The highest BCUT2D eigenvalue weighted by molar-refractivity contribution is 9.10. The molecule has 116 valence electrons. The number of hydrogen-bond donors (Lipinski definition) is 3. The lowest BCUT2D eigenvalue weighted by molar-refractivity contribution is -0.137. The highest BCUT2D eigenvalue weighted by Gasteiger charge is 2.13. The molecule has 0 aliphatic carbocycles. The summed E-state index contributed by atoms with van der Waals surface area (Å²) in [5, 5.41) is 18.2. The predicted molar refractivity (Wildman–Crippen MR) is 85.5 cm³/mol. The summed E-state index contributed by atoms with van der Waals surface area (Å²) in [6.07, 6.45) is 0.0212. The number of amides is 1. The zero-order chi connectivity index (χ0) is 16.1. The van der Waals surface area contributed by atoms with Gasteiger partial charge >= 0.3 is 5.97 Å². The van der Waals surface area contributed by atoms with Crippen molar-refractivity contribution in [2.75, 3.05) is 6.54 Å². The van der Waals surface area contributed by atoms with E-state index in [1.165, 1.54) is 0 Å². The average Bonchev–Trinajstić information content (AvgIpc) is 2.94. The van der Waals surface area contributed by atoms with E-state index in [2.05, 4.69) is 31.4 Å². The van der Waals surface area contributed by atoms with Crippen molar-refractivity contribution in [1.29, 1.82) is 0 Å². The third kappa shape index (κ3) is 4.42. The van der Waals surface area contributed by atoms with Gasteiger partial charge in [0.25, 0.3) is 5.91 Å². The smallest absolute Gasteiger partial charge is 0.303 e. The molecule has 2 rings (SSSR count). The van der Waals surface area contributed by atoms with Crippen molar-refractivity contribution >= 4 is 27.8 Å². The summed E-state index contributed by atoms with van der Waals surface area (Å²) in [6, 6.07) is 9.27. The predicted octanol–water partition coefficient (Wildman–Crippen LogP) is 2.68. The number of benzene rings is 1. The molecule has 7 heteroatoms. The summed E-state index contributed by atoms with van der Waals surface area (Å²) in [6.45, 7) is 2.08. The number of H-pyrrole nitrogens is 1. The van der Waals surface area contributed by atoms with Crippen LogP contribution < -0.4 is 5.32 Å². The molecule has 1 atom stereocenters. The van der Waals surface area contributed by atoms with Gasteiger partial charge in [0.2, 0.25) is 0 Å². The summed E-state index contributed by atoms with van der Waals surface area (Å²) < 4.78 is 0.970. The highest BCUT2D eigenvalue weighted by atomic mass is 79.9. The van der Waals surface area contributed by atoms with E-state index in [0.29, 0.717) is 17.9 Å². The summed E-state index contributed by atoms with van der Waals surface area (Å²) >= 11 is 3.36. The van der Waals surface area contributed by atoms with E-state index >= 15 is 0 Å². The Morgan fingerprint density at radius 2 is 2.05 bits per heavy atom. The maximum Gasteiger partial charge on any atom is 0.303 e. The molecule has 0 fully saturated rings. The lowest BCUT2D eigenvalue weighted by Gasteiger charge is -2.09. The Bertz CT molecular complexity index is 667. The number of carboxylic acid groups (broad SMARTS) is 1. The van der Waals surface area contributed by atoms with E-state index < -0.39 is 5.97 Å². The average molecular weight is 366 g/mol. The van der Waals surface area contributed by atoms with Crippen LogP contribution in [0.1, 0.15) is 23.8 Å². The number of aliphatic carboxylic acids is 1. The lowest BCUT2D eigenvalue weighted by Crippen LogP contribution is -2.29. The third-order valence-electron chi connectivity index (χ3n) is 3.10. The molecule has 1 unspecified atom stereocenters. The fourth-order valence-corrected chi connectivity index (χ4v) is 2.20. The van der Waals surface area contributed by atoms with Crippen LogP contribution in [0.3, 0.4) is 0 Å². The molecule has 1 heterocycles. The van der Waals surface area contributed by atoms with E-state index in [-0.39, 0.29) is 18.2 Å². The first kappa shape index (κ1) is 16.2. The molecule has 1 aromatic heterocycles. The van der Waals surface area contributed by atoms with Gasteiger partial charge in [-0.2, -0.15) is 5.10 Å². The maximum absolute atomic E-state index is 12.0. The lowest BCUT2D eigenvalue weighted by atomic mass is 10.1. The third-order valence-corrected chi connectivity index (χ3v) is 3.63. The van der Waals surface area contributed by atoms with Crippen molar-refractivity contribution in [3.63, 3.8) is 0 Å². The fraction of sp³-hybridized carbons (Fsp3) is 0.267. The number of hydrogen-bond acceptors (Lipinski definition) is 3. The Balaban J connectivity index is 1.97. The number of carbonyl (C=O) groups excluding carboxylic acids is 1.